The Kier molecular flexibility index (Phi) is 3.63. The number of carboxylic acids is 1. The molecule has 82 valence electrons. The summed E-state index contributed by atoms with van der Waals surface area (Å²) in [5.41, 5.74) is 0.668. The first kappa shape index (κ1) is 11.9. The Balaban J connectivity index is 3.08. The Labute approximate surface area is 94.5 Å². The molecule has 0 bridgehead atoms. The summed E-state index contributed by atoms with van der Waals surface area (Å²) in [5, 5.41) is 9.10. The quantitative estimate of drug-likeness (QED) is 0.774. The Morgan fingerprint density at radius 2 is 2.00 bits per heavy atom. The molecule has 1 unspecified atom stereocenters. The van der Waals surface area contributed by atoms with Crippen LogP contribution in [-0.4, -0.2) is 18.2 Å². The van der Waals surface area contributed by atoms with Crippen LogP contribution in [0, 0.1) is 0 Å². The number of methoxy groups -OCH3 is 1. The highest BCUT2D eigenvalue weighted by Gasteiger charge is 2.34. The van der Waals surface area contributed by atoms with Gasteiger partial charge in [-0.3, -0.25) is 4.79 Å². The maximum Gasteiger partial charge on any atom is 0.324 e. The van der Waals surface area contributed by atoms with Gasteiger partial charge in [0.15, 0.2) is 0 Å². The third kappa shape index (κ3) is 2.26. The van der Waals surface area contributed by atoms with Crippen LogP contribution in [0.5, 0.6) is 5.75 Å². The number of hydrogen-bond acceptors (Lipinski definition) is 3. The molecule has 0 spiro atoms. The fourth-order valence-electron chi connectivity index (χ4n) is 1.35. The van der Waals surface area contributed by atoms with E-state index in [0.717, 1.165) is 0 Å². The number of carbonyl (C=O) groups is 1. The first-order chi connectivity index (χ1) is 7.04. The summed E-state index contributed by atoms with van der Waals surface area (Å²) >= 11 is 4.23. The second kappa shape index (κ2) is 4.57. The van der Waals surface area contributed by atoms with Crippen molar-refractivity contribution in [2.24, 2.45) is 0 Å². The second-order valence-corrected chi connectivity index (χ2v) is 4.01. The zero-order valence-corrected chi connectivity index (χ0v) is 9.62. The first-order valence-corrected chi connectivity index (χ1v) is 5.09. The summed E-state index contributed by atoms with van der Waals surface area (Å²) in [5.74, 6) is -0.227. The predicted molar refractivity (Wildman–Crippen MR) is 61.6 cm³/mol. The molecule has 0 aliphatic heterocycles. The lowest BCUT2D eigenvalue weighted by Crippen LogP contribution is -2.28. The summed E-state index contributed by atoms with van der Waals surface area (Å²) in [7, 11) is 1.57. The van der Waals surface area contributed by atoms with E-state index in [1.54, 1.807) is 38.3 Å². The minimum atomic E-state index is -1.12. The topological polar surface area (TPSA) is 46.5 Å². The number of aliphatic carboxylic acids is 1. The Morgan fingerprint density at radius 3 is 2.33 bits per heavy atom. The molecule has 1 rings (SSSR count). The van der Waals surface area contributed by atoms with Gasteiger partial charge in [-0.1, -0.05) is 19.1 Å². The lowest BCUT2D eigenvalue weighted by atomic mass is 9.95. The molecule has 1 atom stereocenters. The molecule has 0 aliphatic carbocycles. The fourth-order valence-corrected chi connectivity index (χ4v) is 1.49. The van der Waals surface area contributed by atoms with Crippen LogP contribution in [-0.2, 0) is 9.54 Å². The highest BCUT2D eigenvalue weighted by Crippen LogP contribution is 2.33. The maximum atomic E-state index is 11.1. The highest BCUT2D eigenvalue weighted by molar-refractivity contribution is 7.82. The minimum Gasteiger partial charge on any atom is -0.497 e. The summed E-state index contributed by atoms with van der Waals surface area (Å²) < 4.78 is 3.88. The third-order valence-electron chi connectivity index (χ3n) is 2.43. The van der Waals surface area contributed by atoms with Crippen molar-refractivity contribution in [2.45, 2.75) is 18.1 Å². The van der Waals surface area contributed by atoms with E-state index >= 15 is 0 Å². The average Bonchev–Trinajstić information content (AvgIpc) is 2.28. The van der Waals surface area contributed by atoms with E-state index in [0.29, 0.717) is 17.7 Å². The molecule has 0 amide bonds. The molecule has 1 aromatic rings. The van der Waals surface area contributed by atoms with Crippen LogP contribution in [0.3, 0.4) is 0 Å². The van der Waals surface area contributed by atoms with Crippen LogP contribution < -0.4 is 4.74 Å². The van der Waals surface area contributed by atoms with E-state index in [1.165, 1.54) is 0 Å². The van der Waals surface area contributed by atoms with Gasteiger partial charge in [0.1, 0.15) is 10.5 Å². The molecular weight excluding hydrogens is 212 g/mol. The largest absolute Gasteiger partial charge is 0.497 e. The smallest absolute Gasteiger partial charge is 0.324 e. The SMILES string of the molecule is CCC(S)(C(=O)O)c1ccc(OC)cc1. The van der Waals surface area contributed by atoms with Gasteiger partial charge in [0.25, 0.3) is 0 Å². The number of hydrogen-bond donors (Lipinski definition) is 2. The zero-order chi connectivity index (χ0) is 11.5. The summed E-state index contributed by atoms with van der Waals surface area (Å²) in [4.78, 5) is 11.1. The van der Waals surface area contributed by atoms with Gasteiger partial charge in [0, 0.05) is 0 Å². The number of rotatable bonds is 4. The minimum absolute atomic E-state index is 0.428. The van der Waals surface area contributed by atoms with Crippen LogP contribution >= 0.6 is 12.6 Å². The second-order valence-electron chi connectivity index (χ2n) is 3.25. The molecule has 1 aromatic carbocycles. The van der Waals surface area contributed by atoms with Gasteiger partial charge in [-0.05, 0) is 24.1 Å². The van der Waals surface area contributed by atoms with Crippen molar-refractivity contribution in [1.82, 2.24) is 0 Å². The summed E-state index contributed by atoms with van der Waals surface area (Å²) in [6.07, 6.45) is 0.428. The van der Waals surface area contributed by atoms with Gasteiger partial charge in [-0.2, -0.15) is 12.6 Å². The normalized spacial score (nSPS) is 14.3. The molecule has 0 fully saturated rings. The van der Waals surface area contributed by atoms with Gasteiger partial charge in [-0.15, -0.1) is 0 Å². The predicted octanol–water partition coefficient (Wildman–Crippen LogP) is 2.31. The first-order valence-electron chi connectivity index (χ1n) is 4.65. The van der Waals surface area contributed by atoms with Crippen molar-refractivity contribution in [3.8, 4) is 5.75 Å². The van der Waals surface area contributed by atoms with Crippen molar-refractivity contribution < 1.29 is 14.6 Å². The molecule has 4 heteroatoms. The molecular formula is C11H14O3S. The van der Waals surface area contributed by atoms with E-state index < -0.39 is 10.7 Å². The molecule has 0 saturated heterocycles. The van der Waals surface area contributed by atoms with Gasteiger partial charge in [0.2, 0.25) is 0 Å². The lowest BCUT2D eigenvalue weighted by molar-refractivity contribution is -0.140. The van der Waals surface area contributed by atoms with Gasteiger partial charge >= 0.3 is 5.97 Å². The lowest BCUT2D eigenvalue weighted by Gasteiger charge is -2.22. The van der Waals surface area contributed by atoms with Crippen molar-refractivity contribution in [1.29, 1.82) is 0 Å². The molecule has 0 aromatic heterocycles. The van der Waals surface area contributed by atoms with E-state index in [9.17, 15) is 4.79 Å². The number of benzene rings is 1. The number of thiol groups is 1. The molecule has 0 saturated carbocycles. The molecule has 3 nitrogen and oxygen atoms in total. The van der Waals surface area contributed by atoms with E-state index in [1.807, 2.05) is 0 Å². The van der Waals surface area contributed by atoms with Crippen LogP contribution in [0.1, 0.15) is 18.9 Å². The molecule has 0 heterocycles. The van der Waals surface area contributed by atoms with E-state index in [-0.39, 0.29) is 0 Å². The van der Waals surface area contributed by atoms with Crippen LogP contribution in [0.4, 0.5) is 0 Å². The Hall–Kier alpha value is -1.16. The Bertz CT molecular complexity index is 347. The van der Waals surface area contributed by atoms with Crippen molar-refractivity contribution in [2.75, 3.05) is 7.11 Å². The number of ether oxygens (including phenoxy) is 1. The monoisotopic (exact) mass is 226 g/mol. The molecule has 1 N–H and O–H groups in total. The van der Waals surface area contributed by atoms with E-state index in [4.69, 9.17) is 9.84 Å². The molecule has 0 radical (unpaired) electrons. The number of carboxylic acid groups (broad SMARTS) is 1. The average molecular weight is 226 g/mol. The fraction of sp³-hybridized carbons (Fsp3) is 0.364. The molecule has 0 aliphatic rings. The van der Waals surface area contributed by atoms with Gasteiger partial charge in [-0.25, -0.2) is 0 Å². The maximum absolute atomic E-state index is 11.1. The zero-order valence-electron chi connectivity index (χ0n) is 8.73. The summed E-state index contributed by atoms with van der Waals surface area (Å²) in [6.45, 7) is 1.80. The highest BCUT2D eigenvalue weighted by atomic mass is 32.1. The Morgan fingerprint density at radius 1 is 1.47 bits per heavy atom. The van der Waals surface area contributed by atoms with Crippen LogP contribution in [0.25, 0.3) is 0 Å². The van der Waals surface area contributed by atoms with Crippen molar-refractivity contribution >= 4 is 18.6 Å². The van der Waals surface area contributed by atoms with Gasteiger partial charge < -0.3 is 9.84 Å². The van der Waals surface area contributed by atoms with Crippen LogP contribution in [0.2, 0.25) is 0 Å². The van der Waals surface area contributed by atoms with Crippen LogP contribution in [0.15, 0.2) is 24.3 Å². The van der Waals surface area contributed by atoms with Crippen molar-refractivity contribution in [3.05, 3.63) is 29.8 Å². The van der Waals surface area contributed by atoms with E-state index in [2.05, 4.69) is 12.6 Å². The molecule has 15 heavy (non-hydrogen) atoms. The standard InChI is InChI=1S/C11H14O3S/c1-3-11(15,10(12)13)8-4-6-9(14-2)7-5-8/h4-7,15H,3H2,1-2H3,(H,12,13). The summed E-state index contributed by atoms with van der Waals surface area (Å²) in [6, 6.07) is 6.92. The van der Waals surface area contributed by atoms with Crippen molar-refractivity contribution in [3.63, 3.8) is 0 Å². The van der Waals surface area contributed by atoms with Gasteiger partial charge in [0.05, 0.1) is 7.11 Å². The third-order valence-corrected chi connectivity index (χ3v) is 3.20.